The van der Waals surface area contributed by atoms with Gasteiger partial charge < -0.3 is 10.6 Å². The second kappa shape index (κ2) is 2.30. The van der Waals surface area contributed by atoms with Crippen LogP contribution in [0.15, 0.2) is 11.3 Å². The second-order valence-corrected chi connectivity index (χ2v) is 2.28. The highest BCUT2D eigenvalue weighted by Crippen LogP contribution is 2.15. The molecular formula is C6H10N2O2. The van der Waals surface area contributed by atoms with Crippen LogP contribution in [0, 0.1) is 0 Å². The first kappa shape index (κ1) is 7.08. The minimum Gasteiger partial charge on any atom is -0.412 e. The summed E-state index contributed by atoms with van der Waals surface area (Å²) < 4.78 is 0. The number of hydroxylamine groups is 1. The minimum absolute atomic E-state index is 0.0856. The van der Waals surface area contributed by atoms with E-state index >= 15 is 0 Å². The van der Waals surface area contributed by atoms with Gasteiger partial charge >= 0.3 is 0 Å². The Bertz CT molecular complexity index is 198. The van der Waals surface area contributed by atoms with Gasteiger partial charge in [0, 0.05) is 0 Å². The van der Waals surface area contributed by atoms with Crippen LogP contribution < -0.4 is 11.2 Å². The zero-order chi connectivity index (χ0) is 7.72. The lowest BCUT2D eigenvalue weighted by atomic mass is 10.1. The summed E-state index contributed by atoms with van der Waals surface area (Å²) in [6, 6.07) is -0.0856. The Balaban J connectivity index is 2.88. The molecule has 0 bridgehead atoms. The number of hydrogen-bond donors (Lipinski definition) is 2. The number of allylic oxidation sites excluding steroid dienone is 1. The van der Waals surface area contributed by atoms with E-state index in [-0.39, 0.29) is 6.04 Å². The molecule has 0 saturated carbocycles. The van der Waals surface area contributed by atoms with E-state index < -0.39 is 5.91 Å². The lowest BCUT2D eigenvalue weighted by Gasteiger charge is -2.00. The summed E-state index contributed by atoms with van der Waals surface area (Å²) in [5, 5.41) is 0. The van der Waals surface area contributed by atoms with Crippen molar-refractivity contribution < 1.29 is 9.63 Å². The van der Waals surface area contributed by atoms with Gasteiger partial charge in [0.25, 0.3) is 0 Å². The van der Waals surface area contributed by atoms with Crippen molar-refractivity contribution in [1.82, 2.24) is 5.48 Å². The fourth-order valence-corrected chi connectivity index (χ4v) is 0.982. The van der Waals surface area contributed by atoms with Crippen molar-refractivity contribution in [3.05, 3.63) is 11.3 Å². The Morgan fingerprint density at radius 2 is 2.40 bits per heavy atom. The molecule has 1 atom stereocenters. The quantitative estimate of drug-likeness (QED) is 0.527. The highest BCUT2D eigenvalue weighted by Gasteiger charge is 2.24. The standard InChI is InChI=1S/C6H10N2O2/c1-3-5(6(7)9)4(2)10-8-3/h3,8H,1-2H3,(H2,7,9). The van der Waals surface area contributed by atoms with Gasteiger partial charge in [-0.05, 0) is 13.8 Å². The number of hydrogen-bond acceptors (Lipinski definition) is 3. The summed E-state index contributed by atoms with van der Waals surface area (Å²) in [6.45, 7) is 3.52. The van der Waals surface area contributed by atoms with Crippen LogP contribution in [0.4, 0.5) is 0 Å². The third-order valence-corrected chi connectivity index (χ3v) is 1.47. The van der Waals surface area contributed by atoms with Crippen LogP contribution in [-0.4, -0.2) is 11.9 Å². The van der Waals surface area contributed by atoms with E-state index in [9.17, 15) is 4.79 Å². The molecule has 0 aromatic heterocycles. The van der Waals surface area contributed by atoms with E-state index in [1.54, 1.807) is 6.92 Å². The predicted molar refractivity (Wildman–Crippen MR) is 35.6 cm³/mol. The molecule has 1 rings (SSSR count). The van der Waals surface area contributed by atoms with Crippen molar-refractivity contribution >= 4 is 5.91 Å². The number of carbonyl (C=O) groups excluding carboxylic acids is 1. The van der Waals surface area contributed by atoms with Gasteiger partial charge in [-0.1, -0.05) is 0 Å². The first-order valence-corrected chi connectivity index (χ1v) is 3.06. The molecule has 0 radical (unpaired) electrons. The molecule has 4 nitrogen and oxygen atoms in total. The molecule has 1 aliphatic rings. The lowest BCUT2D eigenvalue weighted by molar-refractivity contribution is -0.114. The maximum atomic E-state index is 10.7. The summed E-state index contributed by atoms with van der Waals surface area (Å²) in [4.78, 5) is 15.5. The molecule has 0 aromatic carbocycles. The lowest BCUT2D eigenvalue weighted by Crippen LogP contribution is -2.27. The van der Waals surface area contributed by atoms with Crippen molar-refractivity contribution in [2.24, 2.45) is 5.73 Å². The Kier molecular flexibility index (Phi) is 1.63. The Hall–Kier alpha value is -1.03. The van der Waals surface area contributed by atoms with Crippen molar-refractivity contribution in [3.8, 4) is 0 Å². The van der Waals surface area contributed by atoms with E-state index in [0.717, 1.165) is 0 Å². The number of nitrogens with two attached hydrogens (primary N) is 1. The molecule has 1 unspecified atom stereocenters. The van der Waals surface area contributed by atoms with Gasteiger partial charge in [-0.25, -0.2) is 0 Å². The Morgan fingerprint density at radius 1 is 1.80 bits per heavy atom. The third-order valence-electron chi connectivity index (χ3n) is 1.47. The van der Waals surface area contributed by atoms with E-state index in [1.165, 1.54) is 0 Å². The number of primary amides is 1. The van der Waals surface area contributed by atoms with Crippen LogP contribution in [-0.2, 0) is 9.63 Å². The van der Waals surface area contributed by atoms with Crippen molar-refractivity contribution in [1.29, 1.82) is 0 Å². The van der Waals surface area contributed by atoms with Crippen LogP contribution in [0.3, 0.4) is 0 Å². The summed E-state index contributed by atoms with van der Waals surface area (Å²) >= 11 is 0. The van der Waals surface area contributed by atoms with Gasteiger partial charge in [-0.2, -0.15) is 0 Å². The molecule has 0 spiro atoms. The number of nitrogens with one attached hydrogen (secondary N) is 1. The predicted octanol–water partition coefficient (Wildman–Crippen LogP) is -0.331. The van der Waals surface area contributed by atoms with Crippen LogP contribution in [0.5, 0.6) is 0 Å². The highest BCUT2D eigenvalue weighted by atomic mass is 16.7. The van der Waals surface area contributed by atoms with E-state index in [2.05, 4.69) is 5.48 Å². The molecule has 0 fully saturated rings. The smallest absolute Gasteiger partial charge is 0.249 e. The summed E-state index contributed by atoms with van der Waals surface area (Å²) in [5.41, 5.74) is 8.22. The first-order chi connectivity index (χ1) is 4.63. The third kappa shape index (κ3) is 0.974. The molecule has 0 saturated heterocycles. The van der Waals surface area contributed by atoms with Gasteiger partial charge in [0.05, 0.1) is 11.6 Å². The highest BCUT2D eigenvalue weighted by molar-refractivity contribution is 5.93. The topological polar surface area (TPSA) is 64.4 Å². The molecule has 3 N–H and O–H groups in total. The summed E-state index contributed by atoms with van der Waals surface area (Å²) in [6.07, 6.45) is 0. The number of rotatable bonds is 1. The molecule has 56 valence electrons. The SMILES string of the molecule is CC1=C(C(N)=O)C(C)NO1. The zero-order valence-corrected chi connectivity index (χ0v) is 5.97. The number of carbonyl (C=O) groups is 1. The number of amides is 1. The Morgan fingerprint density at radius 3 is 2.60 bits per heavy atom. The fourth-order valence-electron chi connectivity index (χ4n) is 0.982. The largest absolute Gasteiger partial charge is 0.412 e. The van der Waals surface area contributed by atoms with E-state index in [4.69, 9.17) is 10.6 Å². The molecule has 0 aromatic rings. The molecule has 1 heterocycles. The Labute approximate surface area is 59.0 Å². The maximum Gasteiger partial charge on any atom is 0.249 e. The van der Waals surface area contributed by atoms with Crippen LogP contribution >= 0.6 is 0 Å². The fraction of sp³-hybridized carbons (Fsp3) is 0.500. The van der Waals surface area contributed by atoms with Crippen molar-refractivity contribution in [3.63, 3.8) is 0 Å². The molecular weight excluding hydrogens is 132 g/mol. The average Bonchev–Trinajstić information content (AvgIpc) is 2.11. The van der Waals surface area contributed by atoms with Gasteiger partial charge in [0.15, 0.2) is 0 Å². The van der Waals surface area contributed by atoms with Crippen molar-refractivity contribution in [2.75, 3.05) is 0 Å². The summed E-state index contributed by atoms with van der Waals surface area (Å²) in [5.74, 6) is 0.148. The van der Waals surface area contributed by atoms with Crippen LogP contribution in [0.1, 0.15) is 13.8 Å². The zero-order valence-electron chi connectivity index (χ0n) is 5.97. The second-order valence-electron chi connectivity index (χ2n) is 2.28. The van der Waals surface area contributed by atoms with E-state index in [1.807, 2.05) is 6.92 Å². The summed E-state index contributed by atoms with van der Waals surface area (Å²) in [7, 11) is 0. The van der Waals surface area contributed by atoms with Crippen molar-refractivity contribution in [2.45, 2.75) is 19.9 Å². The van der Waals surface area contributed by atoms with Crippen LogP contribution in [0.2, 0.25) is 0 Å². The van der Waals surface area contributed by atoms with E-state index in [0.29, 0.717) is 11.3 Å². The molecule has 10 heavy (non-hydrogen) atoms. The van der Waals surface area contributed by atoms with Gasteiger partial charge in [0.2, 0.25) is 5.91 Å². The normalized spacial score (nSPS) is 24.8. The first-order valence-electron chi connectivity index (χ1n) is 3.06. The molecule has 4 heteroatoms. The molecule has 1 aliphatic heterocycles. The monoisotopic (exact) mass is 142 g/mol. The minimum atomic E-state index is -0.421. The molecule has 0 aliphatic carbocycles. The van der Waals surface area contributed by atoms with Gasteiger partial charge in [-0.3, -0.25) is 4.79 Å². The van der Waals surface area contributed by atoms with Gasteiger partial charge in [0.1, 0.15) is 5.76 Å². The maximum absolute atomic E-state index is 10.7. The molecule has 1 amide bonds. The van der Waals surface area contributed by atoms with Gasteiger partial charge in [-0.15, -0.1) is 5.48 Å². The van der Waals surface area contributed by atoms with Crippen LogP contribution in [0.25, 0.3) is 0 Å². The average molecular weight is 142 g/mol.